The van der Waals surface area contributed by atoms with Crippen molar-refractivity contribution in [3.05, 3.63) is 88.9 Å². The highest BCUT2D eigenvalue weighted by atomic mass is 35.6. The summed E-state index contributed by atoms with van der Waals surface area (Å²) in [5, 5.41) is 13.1. The predicted molar refractivity (Wildman–Crippen MR) is 140 cm³/mol. The third kappa shape index (κ3) is 7.43. The fourth-order valence-electron chi connectivity index (χ4n) is 3.20. The van der Waals surface area contributed by atoms with Crippen LogP contribution in [0.2, 0.25) is 5.02 Å². The molecule has 0 saturated heterocycles. The highest BCUT2D eigenvalue weighted by Gasteiger charge is 2.29. The van der Waals surface area contributed by atoms with Crippen molar-refractivity contribution in [2.75, 3.05) is 5.32 Å². The van der Waals surface area contributed by atoms with Gasteiger partial charge in [-0.25, -0.2) is 4.79 Å². The van der Waals surface area contributed by atoms with Gasteiger partial charge in [0, 0.05) is 11.1 Å². The second kappa shape index (κ2) is 11.9. The quantitative estimate of drug-likeness (QED) is 0.225. The molecule has 0 amide bonds. The van der Waals surface area contributed by atoms with E-state index in [2.05, 4.69) is 5.32 Å². The number of hydrogen-bond donors (Lipinski definition) is 1. The van der Waals surface area contributed by atoms with Crippen molar-refractivity contribution < 1.29 is 14.3 Å². The Hall–Kier alpha value is -2.62. The van der Waals surface area contributed by atoms with E-state index in [1.807, 2.05) is 50.2 Å². The molecule has 0 aliphatic carbocycles. The van der Waals surface area contributed by atoms with Crippen molar-refractivity contribution >= 4 is 58.1 Å². The lowest BCUT2D eigenvalue weighted by molar-refractivity contribution is -0.148. The van der Waals surface area contributed by atoms with E-state index in [0.29, 0.717) is 28.3 Å². The predicted octanol–water partition coefficient (Wildman–Crippen LogP) is 8.20. The number of nitrogens with zero attached hydrogens (tertiary/aromatic N) is 1. The average molecular weight is 552 g/mol. The zero-order valence-electron chi connectivity index (χ0n) is 18.8. The lowest BCUT2D eigenvalue weighted by atomic mass is 10.0. The smallest absolute Gasteiger partial charge is 0.330 e. The van der Waals surface area contributed by atoms with Gasteiger partial charge in [0.05, 0.1) is 10.7 Å². The average Bonchev–Trinajstić information content (AvgIpc) is 2.81. The second-order valence-electron chi connectivity index (χ2n) is 7.99. The Bertz CT molecular complexity index is 1210. The fourth-order valence-corrected chi connectivity index (χ4v) is 3.79. The number of benzene rings is 3. The molecular weight excluding hydrogens is 530 g/mol. The Morgan fingerprint density at radius 3 is 2.26 bits per heavy atom. The highest BCUT2D eigenvalue weighted by molar-refractivity contribution is 6.66. The van der Waals surface area contributed by atoms with Crippen LogP contribution in [-0.4, -0.2) is 12.0 Å². The summed E-state index contributed by atoms with van der Waals surface area (Å²) in [4.78, 5) is 13.1. The summed E-state index contributed by atoms with van der Waals surface area (Å²) >= 11 is 24.1. The van der Waals surface area contributed by atoms with Gasteiger partial charge in [0.1, 0.15) is 23.6 Å². The standard InChI is InChI=1S/C26H22Cl4N2O3/c1-16(2)24(32-22-12-11-18(14-21(22)27)26(28,29)30)25(33)35-23(15-31)17-7-6-10-20(13-17)34-19-8-4-3-5-9-19/h3-14,16,23-24,32H,1-2H3. The van der Waals surface area contributed by atoms with Crippen molar-refractivity contribution in [1.82, 2.24) is 0 Å². The number of hydrogen-bond acceptors (Lipinski definition) is 5. The summed E-state index contributed by atoms with van der Waals surface area (Å²) in [5.41, 5.74) is 1.35. The van der Waals surface area contributed by atoms with Gasteiger partial charge in [-0.3, -0.25) is 0 Å². The lowest BCUT2D eigenvalue weighted by Gasteiger charge is -2.24. The molecule has 3 rings (SSSR count). The van der Waals surface area contributed by atoms with Gasteiger partial charge in [0.15, 0.2) is 0 Å². The van der Waals surface area contributed by atoms with Crippen LogP contribution in [0.5, 0.6) is 11.5 Å². The first-order chi connectivity index (χ1) is 16.6. The van der Waals surface area contributed by atoms with E-state index in [9.17, 15) is 10.1 Å². The number of esters is 1. The molecule has 3 aromatic carbocycles. The number of para-hydroxylation sites is 1. The molecule has 0 spiro atoms. The van der Waals surface area contributed by atoms with E-state index in [0.717, 1.165) is 0 Å². The normalized spacial score (nSPS) is 13.0. The van der Waals surface area contributed by atoms with Gasteiger partial charge >= 0.3 is 5.97 Å². The SMILES string of the molecule is CC(C)C(Nc1ccc(C(Cl)(Cl)Cl)cc1Cl)C(=O)OC(C#N)c1cccc(Oc2ccccc2)c1. The number of carbonyl (C=O) groups is 1. The van der Waals surface area contributed by atoms with Crippen LogP contribution in [0.1, 0.15) is 31.1 Å². The molecule has 0 bridgehead atoms. The molecule has 9 heteroatoms. The number of halogens is 4. The molecule has 182 valence electrons. The summed E-state index contributed by atoms with van der Waals surface area (Å²) in [5.74, 6) is 0.377. The van der Waals surface area contributed by atoms with Crippen molar-refractivity contribution in [2.45, 2.75) is 29.8 Å². The summed E-state index contributed by atoms with van der Waals surface area (Å²) in [7, 11) is 0. The van der Waals surface area contributed by atoms with Crippen molar-refractivity contribution in [1.29, 1.82) is 5.26 Å². The number of ether oxygens (including phenoxy) is 2. The summed E-state index contributed by atoms with van der Waals surface area (Å²) in [6.45, 7) is 3.69. The van der Waals surface area contributed by atoms with Gasteiger partial charge < -0.3 is 14.8 Å². The number of nitrogens with one attached hydrogen (secondary N) is 1. The van der Waals surface area contributed by atoms with Gasteiger partial charge in [0.2, 0.25) is 9.90 Å². The second-order valence-corrected chi connectivity index (χ2v) is 10.7. The van der Waals surface area contributed by atoms with Crippen LogP contribution >= 0.6 is 46.4 Å². The Kier molecular flexibility index (Phi) is 9.15. The Labute approximate surface area is 224 Å². The van der Waals surface area contributed by atoms with E-state index in [-0.39, 0.29) is 10.9 Å². The van der Waals surface area contributed by atoms with E-state index < -0.39 is 21.9 Å². The molecule has 0 radical (unpaired) electrons. The van der Waals surface area contributed by atoms with Gasteiger partial charge in [-0.15, -0.1) is 0 Å². The molecule has 0 saturated carbocycles. The maximum Gasteiger partial charge on any atom is 0.330 e. The number of carbonyl (C=O) groups excluding carboxylic acids is 1. The van der Waals surface area contributed by atoms with Gasteiger partial charge in [-0.2, -0.15) is 5.26 Å². The van der Waals surface area contributed by atoms with Gasteiger partial charge in [-0.05, 0) is 42.3 Å². The summed E-state index contributed by atoms with van der Waals surface area (Å²) in [6, 6.07) is 22.1. The first kappa shape index (κ1) is 27.0. The Morgan fingerprint density at radius 1 is 0.971 bits per heavy atom. The minimum absolute atomic E-state index is 0.182. The van der Waals surface area contributed by atoms with Crippen molar-refractivity contribution in [3.63, 3.8) is 0 Å². The van der Waals surface area contributed by atoms with Crippen LogP contribution in [0.25, 0.3) is 0 Å². The maximum atomic E-state index is 13.1. The van der Waals surface area contributed by atoms with Crippen LogP contribution in [0.15, 0.2) is 72.8 Å². The molecular formula is C26H22Cl4N2O3. The molecule has 35 heavy (non-hydrogen) atoms. The fraction of sp³-hybridized carbons (Fsp3) is 0.231. The summed E-state index contributed by atoms with van der Waals surface area (Å²) < 4.78 is 9.78. The van der Waals surface area contributed by atoms with E-state index in [1.54, 1.807) is 36.4 Å². The van der Waals surface area contributed by atoms with Crippen molar-refractivity contribution in [2.24, 2.45) is 5.92 Å². The molecule has 2 unspecified atom stereocenters. The molecule has 3 aromatic rings. The minimum Gasteiger partial charge on any atom is -0.457 e. The topological polar surface area (TPSA) is 71.3 Å². The lowest BCUT2D eigenvalue weighted by Crippen LogP contribution is -2.36. The monoisotopic (exact) mass is 550 g/mol. The summed E-state index contributed by atoms with van der Waals surface area (Å²) in [6.07, 6.45) is -1.13. The molecule has 1 N–H and O–H groups in total. The number of rotatable bonds is 8. The molecule has 0 aliphatic rings. The Morgan fingerprint density at radius 2 is 1.66 bits per heavy atom. The number of alkyl halides is 3. The zero-order chi connectivity index (χ0) is 25.6. The van der Waals surface area contributed by atoms with Crippen molar-refractivity contribution in [3.8, 4) is 17.6 Å². The van der Waals surface area contributed by atoms with Crippen LogP contribution in [-0.2, 0) is 13.3 Å². The third-order valence-electron chi connectivity index (χ3n) is 5.02. The van der Waals surface area contributed by atoms with Crippen LogP contribution < -0.4 is 10.1 Å². The van der Waals surface area contributed by atoms with Crippen LogP contribution in [0.3, 0.4) is 0 Å². The van der Waals surface area contributed by atoms with Gasteiger partial charge in [0.25, 0.3) is 0 Å². The molecule has 0 heterocycles. The molecule has 2 atom stereocenters. The first-order valence-corrected chi connectivity index (χ1v) is 12.2. The number of anilines is 1. The van der Waals surface area contributed by atoms with E-state index >= 15 is 0 Å². The largest absolute Gasteiger partial charge is 0.457 e. The molecule has 0 fully saturated rings. The molecule has 0 aliphatic heterocycles. The highest BCUT2D eigenvalue weighted by Crippen LogP contribution is 2.40. The zero-order valence-corrected chi connectivity index (χ0v) is 21.9. The van der Waals surface area contributed by atoms with E-state index in [4.69, 9.17) is 55.9 Å². The first-order valence-electron chi connectivity index (χ1n) is 10.6. The van der Waals surface area contributed by atoms with Crippen LogP contribution in [0.4, 0.5) is 5.69 Å². The van der Waals surface area contributed by atoms with Gasteiger partial charge in [-0.1, -0.05) is 96.6 Å². The Balaban J connectivity index is 1.75. The minimum atomic E-state index is -1.63. The maximum absolute atomic E-state index is 13.1. The van der Waals surface area contributed by atoms with Crippen LogP contribution in [0, 0.1) is 17.2 Å². The molecule has 5 nitrogen and oxygen atoms in total. The van der Waals surface area contributed by atoms with E-state index in [1.165, 1.54) is 6.07 Å². The third-order valence-corrected chi connectivity index (χ3v) is 5.99. The number of nitriles is 1. The molecule has 0 aromatic heterocycles.